The van der Waals surface area contributed by atoms with Crippen molar-refractivity contribution in [1.82, 2.24) is 0 Å². The molecule has 0 saturated heterocycles. The molecule has 0 aromatic heterocycles. The van der Waals surface area contributed by atoms with Gasteiger partial charge in [-0.15, -0.1) is 0 Å². The van der Waals surface area contributed by atoms with Gasteiger partial charge >= 0.3 is 0 Å². The van der Waals surface area contributed by atoms with Crippen LogP contribution in [0.25, 0.3) is 0 Å². The highest BCUT2D eigenvalue weighted by atomic mass is 79.9. The molecular formula is C15H15BrN2OS. The van der Waals surface area contributed by atoms with Gasteiger partial charge in [0.05, 0.1) is 5.56 Å². The predicted molar refractivity (Wildman–Crippen MR) is 90.9 cm³/mol. The lowest BCUT2D eigenvalue weighted by atomic mass is 10.2. The summed E-state index contributed by atoms with van der Waals surface area (Å²) in [4.78, 5) is 2.33. The van der Waals surface area contributed by atoms with Crippen molar-refractivity contribution in [2.45, 2.75) is 0 Å². The SMILES string of the molecule is CN(C)c1cccc(Oc2ccc(Br)cc2C(N)=S)c1. The number of hydrogen-bond donors (Lipinski definition) is 1. The Morgan fingerprint density at radius 2 is 1.95 bits per heavy atom. The molecule has 0 heterocycles. The lowest BCUT2D eigenvalue weighted by Crippen LogP contribution is -2.11. The van der Waals surface area contributed by atoms with E-state index in [4.69, 9.17) is 22.7 Å². The van der Waals surface area contributed by atoms with Crippen molar-refractivity contribution in [2.24, 2.45) is 5.73 Å². The molecule has 0 aliphatic heterocycles. The molecule has 3 nitrogen and oxygen atoms in total. The van der Waals surface area contributed by atoms with Crippen LogP contribution in [0.15, 0.2) is 46.9 Å². The van der Waals surface area contributed by atoms with Gasteiger partial charge in [0, 0.05) is 30.3 Å². The van der Waals surface area contributed by atoms with Crippen LogP contribution < -0.4 is 15.4 Å². The zero-order valence-corrected chi connectivity index (χ0v) is 13.7. The average molecular weight is 351 g/mol. The number of nitrogens with zero attached hydrogens (tertiary/aromatic N) is 1. The second-order valence-corrected chi connectivity index (χ2v) is 5.85. The number of anilines is 1. The minimum Gasteiger partial charge on any atom is -0.457 e. The minimum absolute atomic E-state index is 0.310. The van der Waals surface area contributed by atoms with E-state index in [-0.39, 0.29) is 0 Å². The minimum atomic E-state index is 0.310. The van der Waals surface area contributed by atoms with E-state index in [0.717, 1.165) is 15.9 Å². The average Bonchev–Trinajstić information content (AvgIpc) is 2.41. The highest BCUT2D eigenvalue weighted by Gasteiger charge is 2.09. The quantitative estimate of drug-likeness (QED) is 0.847. The van der Waals surface area contributed by atoms with Crippen molar-refractivity contribution >= 4 is 38.8 Å². The molecule has 2 aromatic carbocycles. The second-order valence-electron chi connectivity index (χ2n) is 4.50. The van der Waals surface area contributed by atoms with Crippen LogP contribution >= 0.6 is 28.1 Å². The molecule has 5 heteroatoms. The topological polar surface area (TPSA) is 38.5 Å². The second kappa shape index (κ2) is 6.24. The summed E-state index contributed by atoms with van der Waals surface area (Å²) in [6, 6.07) is 13.4. The molecule has 0 saturated carbocycles. The van der Waals surface area contributed by atoms with Crippen LogP contribution in [0.1, 0.15) is 5.56 Å². The molecule has 2 rings (SSSR count). The van der Waals surface area contributed by atoms with Gasteiger partial charge in [-0.3, -0.25) is 0 Å². The summed E-state index contributed by atoms with van der Waals surface area (Å²) in [5, 5.41) is 0. The van der Waals surface area contributed by atoms with Gasteiger partial charge in [0.2, 0.25) is 0 Å². The number of ether oxygens (including phenoxy) is 1. The van der Waals surface area contributed by atoms with Gasteiger partial charge in [-0.05, 0) is 30.3 Å². The Labute approximate surface area is 132 Å². The number of halogens is 1. The van der Waals surface area contributed by atoms with E-state index in [1.165, 1.54) is 0 Å². The molecule has 0 unspecified atom stereocenters. The molecule has 0 bridgehead atoms. The highest BCUT2D eigenvalue weighted by molar-refractivity contribution is 9.10. The monoisotopic (exact) mass is 350 g/mol. The van der Waals surface area contributed by atoms with Crippen LogP contribution in [0.2, 0.25) is 0 Å². The smallest absolute Gasteiger partial charge is 0.137 e. The van der Waals surface area contributed by atoms with Crippen molar-refractivity contribution in [1.29, 1.82) is 0 Å². The fourth-order valence-corrected chi connectivity index (χ4v) is 2.26. The van der Waals surface area contributed by atoms with Gasteiger partial charge in [0.15, 0.2) is 0 Å². The number of thiocarbonyl (C=S) groups is 1. The zero-order valence-electron chi connectivity index (χ0n) is 11.3. The van der Waals surface area contributed by atoms with Crippen molar-refractivity contribution in [3.05, 3.63) is 52.5 Å². The molecule has 104 valence electrons. The Morgan fingerprint density at radius 1 is 1.20 bits per heavy atom. The van der Waals surface area contributed by atoms with E-state index in [9.17, 15) is 0 Å². The first-order chi connectivity index (χ1) is 9.47. The zero-order chi connectivity index (χ0) is 14.7. The first kappa shape index (κ1) is 14.8. The van der Waals surface area contributed by atoms with E-state index in [0.29, 0.717) is 16.3 Å². The molecule has 0 aliphatic rings. The fraction of sp³-hybridized carbons (Fsp3) is 0.133. The third kappa shape index (κ3) is 3.49. The number of nitrogens with two attached hydrogens (primary N) is 1. The maximum Gasteiger partial charge on any atom is 0.137 e. The molecule has 0 radical (unpaired) electrons. The summed E-state index contributed by atoms with van der Waals surface area (Å²) < 4.78 is 6.81. The Bertz CT molecular complexity index is 644. The Hall–Kier alpha value is -1.59. The van der Waals surface area contributed by atoms with Gasteiger partial charge in [-0.2, -0.15) is 0 Å². The number of hydrogen-bond acceptors (Lipinski definition) is 3. The summed E-state index contributed by atoms with van der Waals surface area (Å²) in [5.74, 6) is 1.40. The van der Waals surface area contributed by atoms with Crippen LogP contribution in [-0.2, 0) is 0 Å². The maximum atomic E-state index is 5.90. The Balaban J connectivity index is 2.35. The number of benzene rings is 2. The first-order valence-electron chi connectivity index (χ1n) is 6.02. The standard InChI is InChI=1S/C15H15BrN2OS/c1-18(2)11-4-3-5-12(9-11)19-14-7-6-10(16)8-13(14)15(17)20/h3-9H,1-2H3,(H2,17,20). The molecule has 0 amide bonds. The maximum absolute atomic E-state index is 5.90. The van der Waals surface area contributed by atoms with Crippen LogP contribution in [0.4, 0.5) is 5.69 Å². The largest absolute Gasteiger partial charge is 0.457 e. The number of rotatable bonds is 4. The molecule has 0 aliphatic carbocycles. The van der Waals surface area contributed by atoms with E-state index in [2.05, 4.69) is 15.9 Å². The van der Waals surface area contributed by atoms with Gasteiger partial charge < -0.3 is 15.4 Å². The van der Waals surface area contributed by atoms with E-state index >= 15 is 0 Å². The summed E-state index contributed by atoms with van der Waals surface area (Å²) in [6.07, 6.45) is 0. The lowest BCUT2D eigenvalue weighted by Gasteiger charge is -2.15. The predicted octanol–water partition coefficient (Wildman–Crippen LogP) is 3.94. The van der Waals surface area contributed by atoms with Crippen molar-refractivity contribution in [2.75, 3.05) is 19.0 Å². The summed E-state index contributed by atoms with van der Waals surface area (Å²) >= 11 is 8.46. The Kier molecular flexibility index (Phi) is 4.62. The molecule has 2 N–H and O–H groups in total. The van der Waals surface area contributed by atoms with Crippen LogP contribution in [0, 0.1) is 0 Å². The van der Waals surface area contributed by atoms with Gasteiger partial charge in [0.1, 0.15) is 16.5 Å². The van der Waals surface area contributed by atoms with Crippen LogP contribution in [0.5, 0.6) is 11.5 Å². The summed E-state index contributed by atoms with van der Waals surface area (Å²) in [6.45, 7) is 0. The van der Waals surface area contributed by atoms with Gasteiger partial charge in [-0.25, -0.2) is 0 Å². The lowest BCUT2D eigenvalue weighted by molar-refractivity contribution is 0.481. The van der Waals surface area contributed by atoms with Gasteiger partial charge in [-0.1, -0.05) is 34.2 Å². The van der Waals surface area contributed by atoms with Crippen LogP contribution in [-0.4, -0.2) is 19.1 Å². The van der Waals surface area contributed by atoms with E-state index in [1.807, 2.05) is 61.5 Å². The van der Waals surface area contributed by atoms with Crippen molar-refractivity contribution in [3.8, 4) is 11.5 Å². The molecule has 0 spiro atoms. The first-order valence-corrected chi connectivity index (χ1v) is 7.22. The molecule has 2 aromatic rings. The molecule has 0 fully saturated rings. The van der Waals surface area contributed by atoms with E-state index < -0.39 is 0 Å². The third-order valence-electron chi connectivity index (χ3n) is 2.77. The summed E-state index contributed by atoms with van der Waals surface area (Å²) in [5.41, 5.74) is 7.52. The molecule has 0 atom stereocenters. The summed E-state index contributed by atoms with van der Waals surface area (Å²) in [7, 11) is 3.97. The van der Waals surface area contributed by atoms with Crippen molar-refractivity contribution in [3.63, 3.8) is 0 Å². The normalized spacial score (nSPS) is 10.2. The van der Waals surface area contributed by atoms with E-state index in [1.54, 1.807) is 0 Å². The van der Waals surface area contributed by atoms with Crippen LogP contribution in [0.3, 0.4) is 0 Å². The van der Waals surface area contributed by atoms with Gasteiger partial charge in [0.25, 0.3) is 0 Å². The third-order valence-corrected chi connectivity index (χ3v) is 3.48. The Morgan fingerprint density at radius 3 is 2.60 bits per heavy atom. The highest BCUT2D eigenvalue weighted by Crippen LogP contribution is 2.29. The fourth-order valence-electron chi connectivity index (χ4n) is 1.74. The molecular weight excluding hydrogens is 336 g/mol. The molecule has 20 heavy (non-hydrogen) atoms. The van der Waals surface area contributed by atoms with Crippen molar-refractivity contribution < 1.29 is 4.74 Å².